The van der Waals surface area contributed by atoms with Gasteiger partial charge in [0.2, 0.25) is 5.91 Å². The lowest BCUT2D eigenvalue weighted by molar-refractivity contribution is -0.150. The highest BCUT2D eigenvalue weighted by Crippen LogP contribution is 2.52. The molecule has 0 aromatic heterocycles. The van der Waals surface area contributed by atoms with Gasteiger partial charge < -0.3 is 15.6 Å². The van der Waals surface area contributed by atoms with Crippen LogP contribution in [0.4, 0.5) is 4.39 Å². The van der Waals surface area contributed by atoms with Crippen LogP contribution in [0, 0.1) is 22.6 Å². The Morgan fingerprint density at radius 1 is 1.24 bits per heavy atom. The molecule has 198 valence electrons. The van der Waals surface area contributed by atoms with Crippen molar-refractivity contribution in [2.45, 2.75) is 63.1 Å². The van der Waals surface area contributed by atoms with E-state index in [0.717, 1.165) is 6.07 Å². The lowest BCUT2D eigenvalue weighted by Crippen LogP contribution is -2.44. The first kappa shape index (κ1) is 28.9. The molecule has 7 nitrogen and oxygen atoms in total. The molecule has 2 aromatic carbocycles. The zero-order valence-electron chi connectivity index (χ0n) is 20.8. The molecule has 0 bridgehead atoms. The predicted octanol–water partition coefficient (Wildman–Crippen LogP) is 4.23. The second-order valence-electron chi connectivity index (χ2n) is 10.6. The number of ether oxygens (including phenoxy) is 1. The third kappa shape index (κ3) is 6.42. The van der Waals surface area contributed by atoms with Gasteiger partial charge in [-0.05, 0) is 41.7 Å². The minimum atomic E-state index is -1.55. The SMILES string of the molecule is CC(C)(C)C[C@@H]1N[C@@H](C(=O)OC[C@H](O)CC(N)=O)[C@H](c2cccc(Cl)c2)[C@@]1(C#N)c1ccc(Cl)cc1F. The molecular formula is C27H30Cl2FN3O4. The molecule has 1 heterocycles. The highest BCUT2D eigenvalue weighted by Gasteiger charge is 2.61. The van der Waals surface area contributed by atoms with Crippen molar-refractivity contribution in [3.8, 4) is 6.07 Å². The molecule has 2 aromatic rings. The molecule has 10 heteroatoms. The second kappa shape index (κ2) is 11.4. The van der Waals surface area contributed by atoms with Crippen LogP contribution in [0.15, 0.2) is 42.5 Å². The summed E-state index contributed by atoms with van der Waals surface area (Å²) in [6.07, 6.45) is -1.26. The van der Waals surface area contributed by atoms with Crippen LogP contribution in [0.3, 0.4) is 0 Å². The summed E-state index contributed by atoms with van der Waals surface area (Å²) < 4.78 is 20.9. The van der Waals surface area contributed by atoms with Crippen molar-refractivity contribution in [2.24, 2.45) is 11.1 Å². The van der Waals surface area contributed by atoms with E-state index in [-0.39, 0.29) is 22.4 Å². The Morgan fingerprint density at radius 2 is 1.92 bits per heavy atom. The van der Waals surface area contributed by atoms with E-state index < -0.39 is 53.8 Å². The van der Waals surface area contributed by atoms with Gasteiger partial charge in [-0.15, -0.1) is 0 Å². The van der Waals surface area contributed by atoms with Gasteiger partial charge in [0.15, 0.2) is 0 Å². The van der Waals surface area contributed by atoms with Crippen molar-refractivity contribution in [3.05, 3.63) is 69.5 Å². The van der Waals surface area contributed by atoms with Crippen LogP contribution in [-0.2, 0) is 19.7 Å². The fraction of sp³-hybridized carbons (Fsp3) is 0.444. The number of benzene rings is 2. The smallest absolute Gasteiger partial charge is 0.323 e. The van der Waals surface area contributed by atoms with E-state index in [9.17, 15) is 20.0 Å². The summed E-state index contributed by atoms with van der Waals surface area (Å²) in [5.41, 5.74) is 3.87. The number of nitrogens with one attached hydrogen (secondary N) is 1. The summed E-state index contributed by atoms with van der Waals surface area (Å²) in [6, 6.07) is 11.4. The van der Waals surface area contributed by atoms with Gasteiger partial charge >= 0.3 is 5.97 Å². The Morgan fingerprint density at radius 3 is 2.49 bits per heavy atom. The summed E-state index contributed by atoms with van der Waals surface area (Å²) in [6.45, 7) is 5.47. The first-order valence-electron chi connectivity index (χ1n) is 11.8. The normalized spacial score (nSPS) is 24.3. The third-order valence-electron chi connectivity index (χ3n) is 6.45. The lowest BCUT2D eigenvalue weighted by Gasteiger charge is -2.37. The van der Waals surface area contributed by atoms with Crippen molar-refractivity contribution >= 4 is 35.1 Å². The van der Waals surface area contributed by atoms with Crippen LogP contribution in [0.2, 0.25) is 10.0 Å². The number of aliphatic hydroxyl groups is 1. The largest absolute Gasteiger partial charge is 0.462 e. The average Bonchev–Trinajstić information content (AvgIpc) is 3.10. The number of hydrogen-bond acceptors (Lipinski definition) is 6. The Hall–Kier alpha value is -2.70. The molecular weight excluding hydrogens is 520 g/mol. The maximum atomic E-state index is 15.5. The summed E-state index contributed by atoms with van der Waals surface area (Å²) in [5.74, 6) is -3.10. The van der Waals surface area contributed by atoms with Crippen LogP contribution in [0.1, 0.15) is 50.7 Å². The van der Waals surface area contributed by atoms with Gasteiger partial charge in [-0.1, -0.05) is 62.2 Å². The predicted molar refractivity (Wildman–Crippen MR) is 138 cm³/mol. The Labute approximate surface area is 225 Å². The number of aliphatic hydroxyl groups excluding tert-OH is 1. The topological polar surface area (TPSA) is 125 Å². The van der Waals surface area contributed by atoms with E-state index in [2.05, 4.69) is 11.4 Å². The minimum absolute atomic E-state index is 0.0928. The highest BCUT2D eigenvalue weighted by atomic mass is 35.5. The Kier molecular flexibility index (Phi) is 8.86. The van der Waals surface area contributed by atoms with E-state index in [0.29, 0.717) is 17.0 Å². The van der Waals surface area contributed by atoms with Crippen molar-refractivity contribution < 1.29 is 23.8 Å². The van der Waals surface area contributed by atoms with Crippen LogP contribution >= 0.6 is 23.2 Å². The summed E-state index contributed by atoms with van der Waals surface area (Å²) in [7, 11) is 0. The van der Waals surface area contributed by atoms with Crippen LogP contribution in [-0.4, -0.2) is 41.8 Å². The number of hydrogen-bond donors (Lipinski definition) is 3. The Balaban J connectivity index is 2.18. The van der Waals surface area contributed by atoms with Gasteiger partial charge in [-0.2, -0.15) is 5.26 Å². The van der Waals surface area contributed by atoms with E-state index in [4.69, 9.17) is 33.7 Å². The molecule has 0 spiro atoms. The fourth-order valence-electron chi connectivity index (χ4n) is 5.06. The van der Waals surface area contributed by atoms with Crippen LogP contribution in [0.5, 0.6) is 0 Å². The standard InChI is InChI=1S/C27H30Cl2FN3O4/c1-26(2,3)12-21-27(14-31,19-8-7-17(29)10-20(19)30)23(15-5-4-6-16(28)9-15)24(33-21)25(36)37-13-18(34)11-22(32)35/h4-10,18,21,23-24,33-34H,11-13H2,1-3H3,(H2,32,35)/t18-,21+,23+,24-,27+/m1/s1. The first-order chi connectivity index (χ1) is 17.3. The number of carbonyl (C=O) groups is 2. The van der Waals surface area contributed by atoms with Crippen LogP contribution in [0.25, 0.3) is 0 Å². The zero-order chi connectivity index (χ0) is 27.5. The first-order valence-corrected chi connectivity index (χ1v) is 12.6. The molecule has 0 radical (unpaired) electrons. The number of halogens is 3. The molecule has 1 fully saturated rings. The number of amides is 1. The molecule has 37 heavy (non-hydrogen) atoms. The highest BCUT2D eigenvalue weighted by molar-refractivity contribution is 6.30. The molecule has 0 aliphatic carbocycles. The number of nitrogens with zero attached hydrogens (tertiary/aromatic N) is 1. The minimum Gasteiger partial charge on any atom is -0.462 e. The molecule has 1 aliphatic rings. The van der Waals surface area contributed by atoms with Gasteiger partial charge in [0.05, 0.1) is 18.6 Å². The number of rotatable bonds is 8. The molecule has 1 saturated heterocycles. The number of nitriles is 1. The maximum Gasteiger partial charge on any atom is 0.323 e. The van der Waals surface area contributed by atoms with E-state index in [1.54, 1.807) is 24.3 Å². The van der Waals surface area contributed by atoms with Gasteiger partial charge in [-0.3, -0.25) is 14.9 Å². The van der Waals surface area contributed by atoms with E-state index >= 15 is 4.39 Å². The summed E-state index contributed by atoms with van der Waals surface area (Å²) >= 11 is 12.3. The van der Waals surface area contributed by atoms with Crippen molar-refractivity contribution in [1.29, 1.82) is 5.26 Å². The van der Waals surface area contributed by atoms with Crippen LogP contribution < -0.4 is 11.1 Å². The maximum absolute atomic E-state index is 15.5. The molecule has 1 aliphatic heterocycles. The molecule has 0 unspecified atom stereocenters. The second-order valence-corrected chi connectivity index (χ2v) is 11.4. The molecule has 0 saturated carbocycles. The third-order valence-corrected chi connectivity index (χ3v) is 6.92. The van der Waals surface area contributed by atoms with Crippen molar-refractivity contribution in [3.63, 3.8) is 0 Å². The fourth-order valence-corrected chi connectivity index (χ4v) is 5.42. The van der Waals surface area contributed by atoms with Gasteiger partial charge in [0, 0.05) is 27.6 Å². The number of nitrogens with two attached hydrogens (primary N) is 1. The number of carbonyl (C=O) groups excluding carboxylic acids is 2. The molecule has 1 amide bonds. The number of primary amides is 1. The monoisotopic (exact) mass is 549 g/mol. The number of esters is 1. The van der Waals surface area contributed by atoms with Crippen molar-refractivity contribution in [1.82, 2.24) is 5.32 Å². The van der Waals surface area contributed by atoms with Crippen molar-refractivity contribution in [2.75, 3.05) is 6.61 Å². The van der Waals surface area contributed by atoms with Gasteiger partial charge in [-0.25, -0.2) is 4.39 Å². The van der Waals surface area contributed by atoms with E-state index in [1.165, 1.54) is 12.1 Å². The average molecular weight is 550 g/mol. The summed E-state index contributed by atoms with van der Waals surface area (Å²) in [4.78, 5) is 24.5. The van der Waals surface area contributed by atoms with Gasteiger partial charge in [0.25, 0.3) is 0 Å². The molecule has 3 rings (SSSR count). The van der Waals surface area contributed by atoms with E-state index in [1.807, 2.05) is 20.8 Å². The zero-order valence-corrected chi connectivity index (χ0v) is 22.3. The lowest BCUT2D eigenvalue weighted by atomic mass is 9.63. The Bertz CT molecular complexity index is 1210. The quantitative estimate of drug-likeness (QED) is 0.423. The molecule has 5 atom stereocenters. The summed E-state index contributed by atoms with van der Waals surface area (Å²) in [5, 5.41) is 24.6. The molecule has 4 N–H and O–H groups in total. The van der Waals surface area contributed by atoms with Gasteiger partial charge in [0.1, 0.15) is 23.9 Å².